The highest BCUT2D eigenvalue weighted by molar-refractivity contribution is 6.00. The summed E-state index contributed by atoms with van der Waals surface area (Å²) in [7, 11) is 0. The number of rotatable bonds is 7. The molecule has 2 N–H and O–H groups in total. The van der Waals surface area contributed by atoms with Gasteiger partial charge in [0.25, 0.3) is 0 Å². The normalized spacial score (nSPS) is 19.1. The van der Waals surface area contributed by atoms with Crippen molar-refractivity contribution in [3.63, 3.8) is 0 Å². The largest absolute Gasteiger partial charge is 0.361 e. The number of nitrogens with one attached hydrogen (secondary N) is 2. The molecule has 1 aromatic heterocycles. The topological polar surface area (TPSA) is 68.4 Å². The Hall–Kier alpha value is -3.12. The molecule has 0 spiro atoms. The molecule has 1 aliphatic heterocycles. The first-order valence-electron chi connectivity index (χ1n) is 12.6. The van der Waals surface area contributed by atoms with Crippen LogP contribution >= 0.6 is 0 Å². The van der Waals surface area contributed by atoms with Crippen LogP contribution in [0.1, 0.15) is 50.5 Å². The summed E-state index contributed by atoms with van der Waals surface area (Å²) in [5.41, 5.74) is 2.38. The third kappa shape index (κ3) is 4.60. The van der Waals surface area contributed by atoms with Crippen molar-refractivity contribution in [2.24, 2.45) is 0 Å². The zero-order chi connectivity index (χ0) is 23.4. The number of fused-ring (bicyclic) bond motifs is 1. The minimum absolute atomic E-state index is 0.0408. The molecule has 6 nitrogen and oxygen atoms in total. The van der Waals surface area contributed by atoms with Gasteiger partial charge in [-0.15, -0.1) is 0 Å². The van der Waals surface area contributed by atoms with Gasteiger partial charge < -0.3 is 15.2 Å². The smallest absolute Gasteiger partial charge is 0.250 e. The molecule has 178 valence electrons. The molecule has 0 atom stereocenters. The van der Waals surface area contributed by atoms with E-state index in [1.807, 2.05) is 41.4 Å². The molecule has 0 bridgehead atoms. The highest BCUT2D eigenvalue weighted by Gasteiger charge is 2.47. The third-order valence-corrected chi connectivity index (χ3v) is 7.72. The van der Waals surface area contributed by atoms with Crippen LogP contribution in [0.15, 0.2) is 60.8 Å². The van der Waals surface area contributed by atoms with E-state index in [9.17, 15) is 9.59 Å². The number of aromatic nitrogens is 1. The third-order valence-electron chi connectivity index (χ3n) is 7.72. The molecule has 0 radical (unpaired) electrons. The summed E-state index contributed by atoms with van der Waals surface area (Å²) in [6, 6.07) is 18.5. The van der Waals surface area contributed by atoms with E-state index in [0.29, 0.717) is 0 Å². The monoisotopic (exact) mass is 458 g/mol. The van der Waals surface area contributed by atoms with Crippen molar-refractivity contribution in [1.82, 2.24) is 14.8 Å². The molecule has 2 amide bonds. The van der Waals surface area contributed by atoms with Crippen LogP contribution in [0.2, 0.25) is 0 Å². The average Bonchev–Trinajstić information content (AvgIpc) is 3.35. The number of carbonyl (C=O) groups excluding carboxylic acids is 2. The van der Waals surface area contributed by atoms with Gasteiger partial charge in [-0.1, -0.05) is 49.6 Å². The van der Waals surface area contributed by atoms with E-state index in [4.69, 9.17) is 0 Å². The van der Waals surface area contributed by atoms with Crippen molar-refractivity contribution < 1.29 is 9.59 Å². The number of likely N-dealkylation sites (tertiary alicyclic amines) is 1. The molecule has 0 unspecified atom stereocenters. The lowest BCUT2D eigenvalue weighted by atomic mass is 9.78. The van der Waals surface area contributed by atoms with E-state index in [1.54, 1.807) is 0 Å². The molecule has 1 saturated heterocycles. The van der Waals surface area contributed by atoms with Crippen LogP contribution in [-0.2, 0) is 16.1 Å². The highest BCUT2D eigenvalue weighted by atomic mass is 16.2. The minimum Gasteiger partial charge on any atom is -0.361 e. The number of hydrogen-bond acceptors (Lipinski definition) is 3. The summed E-state index contributed by atoms with van der Waals surface area (Å²) in [4.78, 5) is 33.8. The van der Waals surface area contributed by atoms with Crippen LogP contribution in [0.3, 0.4) is 0 Å². The number of benzene rings is 2. The molecule has 2 aromatic carbocycles. The van der Waals surface area contributed by atoms with Gasteiger partial charge in [-0.25, -0.2) is 0 Å². The number of H-pyrrole nitrogens is 1. The molecule has 6 heteroatoms. The standard InChI is InChI=1S/C28H34N4O2/c33-21-32(25-12-17-31(18-13-25)20-22-7-3-1-4-8-22)28(14-5-2-6-15-28)27(34)30-24-9-10-26-23(19-24)11-16-29-26/h1,3-4,7-11,16,19,21,25,29H,2,5-6,12-15,17-18,20H2,(H,30,34). The quantitative estimate of drug-likeness (QED) is 0.493. The lowest BCUT2D eigenvalue weighted by Gasteiger charge is -2.48. The maximum Gasteiger partial charge on any atom is 0.250 e. The second kappa shape index (κ2) is 10.0. The second-order valence-corrected chi connectivity index (χ2v) is 9.83. The number of piperidine rings is 1. The van der Waals surface area contributed by atoms with Crippen LogP contribution in [0.4, 0.5) is 5.69 Å². The van der Waals surface area contributed by atoms with Gasteiger partial charge in [0.2, 0.25) is 12.3 Å². The van der Waals surface area contributed by atoms with E-state index < -0.39 is 5.54 Å². The van der Waals surface area contributed by atoms with Crippen LogP contribution in [0.25, 0.3) is 10.9 Å². The van der Waals surface area contributed by atoms with Gasteiger partial charge in [-0.2, -0.15) is 0 Å². The number of amides is 2. The van der Waals surface area contributed by atoms with E-state index >= 15 is 0 Å². The fourth-order valence-corrected chi connectivity index (χ4v) is 5.85. The van der Waals surface area contributed by atoms with E-state index in [0.717, 1.165) is 87.6 Å². The summed E-state index contributed by atoms with van der Waals surface area (Å²) in [5, 5.41) is 4.23. The van der Waals surface area contributed by atoms with E-state index in [1.165, 1.54) is 5.56 Å². The lowest BCUT2D eigenvalue weighted by molar-refractivity contribution is -0.144. The van der Waals surface area contributed by atoms with Crippen molar-refractivity contribution in [1.29, 1.82) is 0 Å². The van der Waals surface area contributed by atoms with Crippen molar-refractivity contribution >= 4 is 28.9 Å². The Morgan fingerprint density at radius 2 is 1.82 bits per heavy atom. The van der Waals surface area contributed by atoms with Crippen LogP contribution in [-0.4, -0.2) is 51.8 Å². The summed E-state index contributed by atoms with van der Waals surface area (Å²) in [5.74, 6) is -0.0408. The first kappa shape index (κ1) is 22.7. The molecule has 34 heavy (non-hydrogen) atoms. The number of carbonyl (C=O) groups is 2. The first-order chi connectivity index (χ1) is 16.7. The number of hydrogen-bond donors (Lipinski definition) is 2. The number of anilines is 1. The molecular weight excluding hydrogens is 424 g/mol. The predicted molar refractivity (Wildman–Crippen MR) is 135 cm³/mol. The summed E-state index contributed by atoms with van der Waals surface area (Å²) < 4.78 is 0. The van der Waals surface area contributed by atoms with Crippen LogP contribution in [0, 0.1) is 0 Å². The second-order valence-electron chi connectivity index (χ2n) is 9.83. The Balaban J connectivity index is 1.30. The van der Waals surface area contributed by atoms with E-state index in [-0.39, 0.29) is 11.9 Å². The molecule has 1 saturated carbocycles. The van der Waals surface area contributed by atoms with Gasteiger partial charge in [-0.3, -0.25) is 14.5 Å². The van der Waals surface area contributed by atoms with Crippen molar-refractivity contribution in [2.75, 3.05) is 18.4 Å². The van der Waals surface area contributed by atoms with Crippen molar-refractivity contribution in [2.45, 2.75) is 63.1 Å². The van der Waals surface area contributed by atoms with Crippen LogP contribution < -0.4 is 5.32 Å². The lowest BCUT2D eigenvalue weighted by Crippen LogP contribution is -2.62. The molecule has 3 aromatic rings. The van der Waals surface area contributed by atoms with Gasteiger partial charge in [0.05, 0.1) is 0 Å². The van der Waals surface area contributed by atoms with Crippen molar-refractivity contribution in [3.05, 3.63) is 66.4 Å². The Labute approximate surface area is 201 Å². The first-order valence-corrected chi connectivity index (χ1v) is 12.6. The number of aromatic amines is 1. The SMILES string of the molecule is O=CN(C1CCN(Cc2ccccc2)CC1)C1(C(=O)Nc2ccc3[nH]ccc3c2)CCCCC1. The molecule has 1 aliphatic carbocycles. The molecule has 2 fully saturated rings. The van der Waals surface area contributed by atoms with Crippen LogP contribution in [0.5, 0.6) is 0 Å². The number of nitrogens with zero attached hydrogens (tertiary/aromatic N) is 2. The maximum atomic E-state index is 13.8. The molecule has 5 rings (SSSR count). The van der Waals surface area contributed by atoms with Gasteiger partial charge >= 0.3 is 0 Å². The Kier molecular flexibility index (Phi) is 6.68. The summed E-state index contributed by atoms with van der Waals surface area (Å²) in [6.07, 6.45) is 9.18. The average molecular weight is 459 g/mol. The Bertz CT molecular complexity index is 1110. The molecule has 2 heterocycles. The summed E-state index contributed by atoms with van der Waals surface area (Å²) in [6.45, 7) is 2.80. The zero-order valence-corrected chi connectivity index (χ0v) is 19.7. The Morgan fingerprint density at radius 1 is 1.06 bits per heavy atom. The predicted octanol–water partition coefficient (Wildman–Crippen LogP) is 4.93. The maximum absolute atomic E-state index is 13.8. The molecule has 2 aliphatic rings. The highest BCUT2D eigenvalue weighted by Crippen LogP contribution is 2.37. The Morgan fingerprint density at radius 3 is 2.56 bits per heavy atom. The van der Waals surface area contributed by atoms with Gasteiger partial charge in [0.1, 0.15) is 5.54 Å². The fourth-order valence-electron chi connectivity index (χ4n) is 5.85. The van der Waals surface area contributed by atoms with E-state index in [2.05, 4.69) is 39.5 Å². The van der Waals surface area contributed by atoms with Gasteiger partial charge in [-0.05, 0) is 55.5 Å². The summed E-state index contributed by atoms with van der Waals surface area (Å²) >= 11 is 0. The van der Waals surface area contributed by atoms with Crippen molar-refractivity contribution in [3.8, 4) is 0 Å². The zero-order valence-electron chi connectivity index (χ0n) is 19.7. The fraction of sp³-hybridized carbons (Fsp3) is 0.429. The molecular formula is C28H34N4O2. The van der Waals surface area contributed by atoms with Gasteiger partial charge in [0.15, 0.2) is 0 Å². The van der Waals surface area contributed by atoms with Gasteiger partial charge in [0, 0.05) is 48.5 Å². The minimum atomic E-state index is -0.765.